The van der Waals surface area contributed by atoms with Crippen LogP contribution in [0.1, 0.15) is 5.56 Å². The largest absolute Gasteiger partial charge is 0.573 e. The summed E-state index contributed by atoms with van der Waals surface area (Å²) >= 11 is 0. The number of sulfonamides is 1. The van der Waals surface area contributed by atoms with E-state index < -0.39 is 27.0 Å². The van der Waals surface area contributed by atoms with Crippen LogP contribution in [0.15, 0.2) is 70.2 Å². The smallest absolute Gasteiger partial charge is 0.464 e. The highest BCUT2D eigenvalue weighted by molar-refractivity contribution is 7.92. The summed E-state index contributed by atoms with van der Waals surface area (Å²) in [5.41, 5.74) is 1.36. The van der Waals surface area contributed by atoms with Crippen LogP contribution in [0, 0.1) is 0 Å². The van der Waals surface area contributed by atoms with Gasteiger partial charge in [-0.1, -0.05) is 18.2 Å². The number of rotatable bonds is 7. The molecule has 10 heteroatoms. The van der Waals surface area contributed by atoms with E-state index in [0.29, 0.717) is 17.9 Å². The standard InChI is InChI=1S/C19H17F3N2O4S/c1-23-12-13-8-9-14(16-6-4-10-27-16)15(11-13)24-29(25,26)18-7-3-2-5-17(18)28-19(20,21)22/h2-11,23-24H,12H2,1H3. The molecule has 0 unspecified atom stereocenters. The van der Waals surface area contributed by atoms with Gasteiger partial charge in [-0.15, -0.1) is 13.2 Å². The van der Waals surface area contributed by atoms with Crippen LogP contribution < -0.4 is 14.8 Å². The van der Waals surface area contributed by atoms with E-state index in [0.717, 1.165) is 17.7 Å². The minimum atomic E-state index is -5.03. The SMILES string of the molecule is CNCc1ccc(-c2ccco2)c(NS(=O)(=O)c2ccccc2OC(F)(F)F)c1. The molecule has 0 fully saturated rings. The molecule has 0 bridgehead atoms. The fraction of sp³-hybridized carbons (Fsp3) is 0.158. The molecular weight excluding hydrogens is 409 g/mol. The number of anilines is 1. The van der Waals surface area contributed by atoms with Crippen molar-refractivity contribution in [2.45, 2.75) is 17.8 Å². The van der Waals surface area contributed by atoms with Crippen molar-refractivity contribution < 1.29 is 30.7 Å². The molecular formula is C19H17F3N2O4S. The quantitative estimate of drug-likeness (QED) is 0.587. The van der Waals surface area contributed by atoms with Gasteiger partial charge in [0.2, 0.25) is 0 Å². The van der Waals surface area contributed by atoms with Gasteiger partial charge in [0.1, 0.15) is 16.4 Å². The van der Waals surface area contributed by atoms with E-state index in [2.05, 4.69) is 14.8 Å². The number of ether oxygens (including phenoxy) is 1. The van der Waals surface area contributed by atoms with Crippen molar-refractivity contribution in [3.05, 3.63) is 66.4 Å². The van der Waals surface area contributed by atoms with Gasteiger partial charge in [-0.3, -0.25) is 4.72 Å². The monoisotopic (exact) mass is 426 g/mol. The van der Waals surface area contributed by atoms with Gasteiger partial charge in [0.25, 0.3) is 10.0 Å². The molecule has 2 aromatic carbocycles. The third kappa shape index (κ3) is 5.09. The maximum atomic E-state index is 12.9. The fourth-order valence-corrected chi connectivity index (χ4v) is 3.92. The summed E-state index contributed by atoms with van der Waals surface area (Å²) in [5.74, 6) is -0.419. The molecule has 0 atom stereocenters. The molecule has 6 nitrogen and oxygen atoms in total. The van der Waals surface area contributed by atoms with E-state index in [1.54, 1.807) is 37.4 Å². The Labute approximate surface area is 165 Å². The lowest BCUT2D eigenvalue weighted by molar-refractivity contribution is -0.275. The average molecular weight is 426 g/mol. The number of furan rings is 1. The molecule has 0 radical (unpaired) electrons. The number of para-hydroxylation sites is 1. The van der Waals surface area contributed by atoms with Gasteiger partial charge in [-0.2, -0.15) is 0 Å². The third-order valence-electron chi connectivity index (χ3n) is 3.86. The fourth-order valence-electron chi connectivity index (χ4n) is 2.72. The summed E-state index contributed by atoms with van der Waals surface area (Å²) in [6.45, 7) is 0.459. The topological polar surface area (TPSA) is 80.6 Å². The zero-order valence-corrected chi connectivity index (χ0v) is 16.0. The Bertz CT molecular complexity index is 1080. The zero-order valence-electron chi connectivity index (χ0n) is 15.2. The number of hydrogen-bond acceptors (Lipinski definition) is 5. The number of benzene rings is 2. The van der Waals surface area contributed by atoms with Gasteiger partial charge in [0, 0.05) is 12.1 Å². The Balaban J connectivity index is 2.04. The highest BCUT2D eigenvalue weighted by Crippen LogP contribution is 2.34. The van der Waals surface area contributed by atoms with Crippen LogP contribution in [0.4, 0.5) is 18.9 Å². The van der Waals surface area contributed by atoms with E-state index in [4.69, 9.17) is 4.42 Å². The molecule has 1 heterocycles. The van der Waals surface area contributed by atoms with Gasteiger partial charge >= 0.3 is 6.36 Å². The first-order chi connectivity index (χ1) is 13.7. The Kier molecular flexibility index (Phi) is 5.85. The minimum Gasteiger partial charge on any atom is -0.464 e. The highest BCUT2D eigenvalue weighted by Gasteiger charge is 2.34. The zero-order chi connectivity index (χ0) is 21.1. The molecule has 0 aliphatic heterocycles. The predicted molar refractivity (Wildman–Crippen MR) is 101 cm³/mol. The molecule has 0 aliphatic rings. The van der Waals surface area contributed by atoms with Crippen molar-refractivity contribution in [1.82, 2.24) is 5.32 Å². The van der Waals surface area contributed by atoms with E-state index >= 15 is 0 Å². The lowest BCUT2D eigenvalue weighted by atomic mass is 10.1. The summed E-state index contributed by atoms with van der Waals surface area (Å²) in [7, 11) is -2.67. The van der Waals surface area contributed by atoms with Crippen molar-refractivity contribution in [1.29, 1.82) is 0 Å². The summed E-state index contributed by atoms with van der Waals surface area (Å²) < 4.78 is 75.4. The Morgan fingerprint density at radius 3 is 2.48 bits per heavy atom. The lowest BCUT2D eigenvalue weighted by Gasteiger charge is -2.16. The molecule has 1 aromatic heterocycles. The molecule has 29 heavy (non-hydrogen) atoms. The molecule has 3 rings (SSSR count). The van der Waals surface area contributed by atoms with Crippen molar-refractivity contribution in [3.63, 3.8) is 0 Å². The molecule has 3 aromatic rings. The normalized spacial score (nSPS) is 12.0. The number of hydrogen-bond donors (Lipinski definition) is 2. The van der Waals surface area contributed by atoms with Crippen LogP contribution in [0.3, 0.4) is 0 Å². The third-order valence-corrected chi connectivity index (χ3v) is 5.27. The van der Waals surface area contributed by atoms with Crippen molar-refractivity contribution in [2.24, 2.45) is 0 Å². The molecule has 154 valence electrons. The Morgan fingerprint density at radius 2 is 1.83 bits per heavy atom. The molecule has 0 amide bonds. The van der Waals surface area contributed by atoms with Crippen LogP contribution in [0.25, 0.3) is 11.3 Å². The van der Waals surface area contributed by atoms with E-state index in [9.17, 15) is 21.6 Å². The maximum Gasteiger partial charge on any atom is 0.573 e. The maximum absolute atomic E-state index is 12.9. The van der Waals surface area contributed by atoms with E-state index in [1.807, 2.05) is 0 Å². The second kappa shape index (κ2) is 8.18. The first kappa shape index (κ1) is 20.7. The van der Waals surface area contributed by atoms with E-state index in [1.165, 1.54) is 18.4 Å². The van der Waals surface area contributed by atoms with Gasteiger partial charge < -0.3 is 14.5 Å². The van der Waals surface area contributed by atoms with Crippen LogP contribution >= 0.6 is 0 Å². The van der Waals surface area contributed by atoms with Crippen LogP contribution in [-0.4, -0.2) is 21.8 Å². The number of halogens is 3. The van der Waals surface area contributed by atoms with Crippen LogP contribution in [0.5, 0.6) is 5.75 Å². The number of nitrogens with one attached hydrogen (secondary N) is 2. The second-order valence-corrected chi connectivity index (χ2v) is 7.64. The van der Waals surface area contributed by atoms with E-state index in [-0.39, 0.29) is 5.69 Å². The minimum absolute atomic E-state index is 0.162. The van der Waals surface area contributed by atoms with Crippen molar-refractivity contribution in [2.75, 3.05) is 11.8 Å². The average Bonchev–Trinajstić information content (AvgIpc) is 3.15. The van der Waals surface area contributed by atoms with Gasteiger partial charge in [-0.05, 0) is 49.0 Å². The highest BCUT2D eigenvalue weighted by atomic mass is 32.2. The summed E-state index contributed by atoms with van der Waals surface area (Å²) in [6.07, 6.45) is -3.60. The van der Waals surface area contributed by atoms with Gasteiger partial charge in [-0.25, -0.2) is 8.42 Å². The summed E-state index contributed by atoms with van der Waals surface area (Å²) in [4.78, 5) is -0.637. The Morgan fingerprint density at radius 1 is 1.07 bits per heavy atom. The molecule has 0 spiro atoms. The second-order valence-electron chi connectivity index (χ2n) is 5.99. The number of alkyl halides is 3. The van der Waals surface area contributed by atoms with Gasteiger partial charge in [0.05, 0.1) is 12.0 Å². The summed E-state index contributed by atoms with van der Waals surface area (Å²) in [5, 5.41) is 2.95. The molecule has 0 saturated carbocycles. The predicted octanol–water partition coefficient (Wildman–Crippen LogP) is 4.37. The molecule has 2 N–H and O–H groups in total. The van der Waals surface area contributed by atoms with Crippen LogP contribution in [0.2, 0.25) is 0 Å². The van der Waals surface area contributed by atoms with Crippen molar-refractivity contribution in [3.8, 4) is 17.1 Å². The van der Waals surface area contributed by atoms with Crippen LogP contribution in [-0.2, 0) is 16.6 Å². The summed E-state index contributed by atoms with van der Waals surface area (Å²) in [6, 6.07) is 12.9. The van der Waals surface area contributed by atoms with Gasteiger partial charge in [0.15, 0.2) is 0 Å². The lowest BCUT2D eigenvalue weighted by Crippen LogP contribution is -2.21. The molecule has 0 saturated heterocycles. The first-order valence-corrected chi connectivity index (χ1v) is 9.87. The molecule has 0 aliphatic carbocycles. The Hall–Kier alpha value is -2.98. The van der Waals surface area contributed by atoms with Crippen molar-refractivity contribution >= 4 is 15.7 Å². The first-order valence-electron chi connectivity index (χ1n) is 8.38.